The van der Waals surface area contributed by atoms with Gasteiger partial charge in [0, 0.05) is 48.6 Å². The van der Waals surface area contributed by atoms with Gasteiger partial charge < -0.3 is 75.8 Å². The number of ether oxygens (including phenoxy) is 16. The topological polar surface area (TPSA) is 284 Å². The van der Waals surface area contributed by atoms with Gasteiger partial charge in [-0.15, -0.1) is 0 Å². The van der Waals surface area contributed by atoms with Gasteiger partial charge in [0.25, 0.3) is 0 Å². The van der Waals surface area contributed by atoms with Crippen LogP contribution in [-0.2, 0) is 114 Å². The Bertz CT molecular complexity index is 1380. The van der Waals surface area contributed by atoms with E-state index >= 15 is 0 Å². The summed E-state index contributed by atoms with van der Waals surface area (Å²) in [6.07, 6.45) is 8.31. The largest absolute Gasteiger partial charge is 0.460 e. The first kappa shape index (κ1) is 175. The van der Waals surface area contributed by atoms with Crippen LogP contribution in [0, 0.1) is 10.8 Å². The molecule has 24 heteroatoms. The fourth-order valence-corrected chi connectivity index (χ4v) is 4.89. The highest BCUT2D eigenvalue weighted by atomic mass is 16.6. The van der Waals surface area contributed by atoms with Gasteiger partial charge in [0.2, 0.25) is 0 Å². The van der Waals surface area contributed by atoms with E-state index in [0.717, 1.165) is 48.6 Å². The third-order valence-electron chi connectivity index (χ3n) is 8.38. The summed E-state index contributed by atoms with van der Waals surface area (Å²) in [4.78, 5) is 89.7. The lowest BCUT2D eigenvalue weighted by Gasteiger charge is -2.33. The maximum atomic E-state index is 11.2. The molecule has 0 N–H and O–H groups in total. The first-order valence-electron chi connectivity index (χ1n) is 22.6. The summed E-state index contributed by atoms with van der Waals surface area (Å²) in [5.41, 5.74) is -1.76. The lowest BCUT2D eigenvalue weighted by Crippen LogP contribution is -2.43. The van der Waals surface area contributed by atoms with Gasteiger partial charge in [-0.3, -0.25) is 0 Å². The van der Waals surface area contributed by atoms with Crippen molar-refractivity contribution in [1.29, 1.82) is 0 Å². The Labute approximate surface area is 608 Å². The van der Waals surface area contributed by atoms with Crippen molar-refractivity contribution >= 4 is 47.8 Å². The molecule has 0 atom stereocenters. The second-order valence-electron chi connectivity index (χ2n) is 14.4. The quantitative estimate of drug-likeness (QED) is 0.0237. The van der Waals surface area contributed by atoms with Crippen molar-refractivity contribution in [3.8, 4) is 0 Å². The van der Waals surface area contributed by atoms with E-state index in [9.17, 15) is 38.4 Å². The number of esters is 8. The maximum absolute atomic E-state index is 11.2. The number of carbonyl (C=O) groups excluding carboxylic acids is 8. The van der Waals surface area contributed by atoms with Crippen LogP contribution in [-0.4, -0.2) is 206 Å². The average molecular weight is 1440 g/mol. The van der Waals surface area contributed by atoms with Crippen molar-refractivity contribution in [2.75, 3.05) is 159 Å². The molecule has 0 amide bonds. The van der Waals surface area contributed by atoms with E-state index in [2.05, 4.69) is 52.6 Å². The van der Waals surface area contributed by atoms with Crippen LogP contribution in [0.3, 0.4) is 0 Å². The molecular formula is C74H168O24. The number of hydrogen-bond donors (Lipinski definition) is 0. The number of carbonyl (C=O) groups is 8. The summed E-state index contributed by atoms with van der Waals surface area (Å²) in [5, 5.41) is 0. The lowest BCUT2D eigenvalue weighted by atomic mass is 9.92. The van der Waals surface area contributed by atoms with E-state index < -0.39 is 58.6 Å². The molecule has 0 aromatic carbocycles. The van der Waals surface area contributed by atoms with Crippen LogP contribution in [0.1, 0.15) is 178 Å². The van der Waals surface area contributed by atoms with Crippen molar-refractivity contribution < 1.29 is 114 Å². The molecule has 0 radical (unpaired) electrons. The first-order chi connectivity index (χ1) is 35.6. The Hall–Kier alpha value is -6.64. The molecule has 0 heterocycles. The minimum absolute atomic E-state index is 0. The van der Waals surface area contributed by atoms with Crippen molar-refractivity contribution in [1.82, 2.24) is 0 Å². The van der Waals surface area contributed by atoms with Crippen LogP contribution in [0.2, 0.25) is 0 Å². The smallest absolute Gasteiger partial charge is 0.330 e. The standard InChI is InChI=1S/2C25H36O12.24CH4/c2*1-5-21(26)34-13-9-30-17-25(18-31-10-14-35-22(27)6-2,19-32-11-15-36-23(28)7-3)20-33-12-16-37-24(29)8-4;;;;;;;;;;;;;;;;;;;;;;;;/h2*5-8H,1-4,9-20H2;24*1H4. The fourth-order valence-electron chi connectivity index (χ4n) is 4.89. The zero-order valence-corrected chi connectivity index (χ0v) is 42.0. The zero-order chi connectivity index (χ0) is 55.6. The molecule has 0 aromatic heterocycles. The van der Waals surface area contributed by atoms with Gasteiger partial charge in [-0.2, -0.15) is 0 Å². The van der Waals surface area contributed by atoms with Gasteiger partial charge >= 0.3 is 47.8 Å². The van der Waals surface area contributed by atoms with Crippen LogP contribution >= 0.6 is 0 Å². The van der Waals surface area contributed by atoms with Crippen LogP contribution in [0.5, 0.6) is 0 Å². The summed E-state index contributed by atoms with van der Waals surface area (Å²) in [7, 11) is 0. The Morgan fingerprint density at radius 1 is 0.173 bits per heavy atom. The van der Waals surface area contributed by atoms with Gasteiger partial charge in [0.15, 0.2) is 0 Å². The van der Waals surface area contributed by atoms with Gasteiger partial charge in [0.1, 0.15) is 52.9 Å². The molecule has 0 aliphatic rings. The Balaban J connectivity index is -0.0000000354. The maximum Gasteiger partial charge on any atom is 0.330 e. The molecule has 0 saturated carbocycles. The highest BCUT2D eigenvalue weighted by Crippen LogP contribution is 2.22. The molecule has 0 saturated heterocycles. The second kappa shape index (κ2) is 121. The van der Waals surface area contributed by atoms with E-state index in [4.69, 9.17) is 75.8 Å². The van der Waals surface area contributed by atoms with Gasteiger partial charge in [-0.1, -0.05) is 231 Å². The van der Waals surface area contributed by atoms with Crippen LogP contribution in [0.15, 0.2) is 101 Å². The molecule has 0 aliphatic heterocycles. The van der Waals surface area contributed by atoms with Gasteiger partial charge in [-0.05, 0) is 0 Å². The molecular weight excluding hydrogens is 1270 g/mol. The molecule has 0 aliphatic carbocycles. The molecule has 0 spiro atoms. The minimum atomic E-state index is -0.879. The summed E-state index contributed by atoms with van der Waals surface area (Å²) in [5.74, 6) is -4.65. The lowest BCUT2D eigenvalue weighted by molar-refractivity contribution is -0.148. The van der Waals surface area contributed by atoms with Crippen LogP contribution in [0.25, 0.3) is 0 Å². The molecule has 24 nitrogen and oxygen atoms in total. The average Bonchev–Trinajstić information content (AvgIpc) is 3.41. The van der Waals surface area contributed by atoms with Crippen molar-refractivity contribution in [3.05, 3.63) is 101 Å². The molecule has 98 heavy (non-hydrogen) atoms. The minimum Gasteiger partial charge on any atom is -0.460 e. The first-order valence-corrected chi connectivity index (χ1v) is 22.6. The van der Waals surface area contributed by atoms with Crippen molar-refractivity contribution in [3.63, 3.8) is 0 Å². The van der Waals surface area contributed by atoms with Crippen molar-refractivity contribution in [2.24, 2.45) is 10.8 Å². The molecule has 0 fully saturated rings. The third-order valence-corrected chi connectivity index (χ3v) is 8.38. The Morgan fingerprint density at radius 2 is 0.255 bits per heavy atom. The van der Waals surface area contributed by atoms with Crippen molar-refractivity contribution in [2.45, 2.75) is 178 Å². The molecule has 0 unspecified atom stereocenters. The van der Waals surface area contributed by atoms with E-state index in [-0.39, 0.29) is 337 Å². The summed E-state index contributed by atoms with van der Waals surface area (Å²) >= 11 is 0. The zero-order valence-electron chi connectivity index (χ0n) is 42.0. The SMILES string of the molecule is C.C.C.C.C.C.C.C.C.C.C.C.C.C.C.C.C.C.C.C.C.C.C.C.C=CC(=O)OCCOCC(COCCOC(=O)C=C)(COCCOC(=O)C=C)COCCOC(=O)C=C.C=CC(=O)OCCOCC(COCCOC(=O)C=C)(COCCOC(=O)C=C)COCCOC(=O)C=C. The van der Waals surface area contributed by atoms with Crippen LogP contribution < -0.4 is 0 Å². The molecule has 0 rings (SSSR count). The van der Waals surface area contributed by atoms with E-state index in [1.54, 1.807) is 0 Å². The summed E-state index contributed by atoms with van der Waals surface area (Å²) in [6.45, 7) is 27.6. The van der Waals surface area contributed by atoms with Gasteiger partial charge in [0.05, 0.1) is 117 Å². The van der Waals surface area contributed by atoms with Crippen LogP contribution in [0.4, 0.5) is 0 Å². The van der Waals surface area contributed by atoms with E-state index in [0.29, 0.717) is 0 Å². The second-order valence-corrected chi connectivity index (χ2v) is 14.4. The predicted octanol–water partition coefficient (Wildman–Crippen LogP) is 17.2. The van der Waals surface area contributed by atoms with E-state index in [1.165, 1.54) is 0 Å². The monoisotopic (exact) mass is 1440 g/mol. The highest BCUT2D eigenvalue weighted by Gasteiger charge is 2.34. The molecule has 0 aromatic rings. The summed E-state index contributed by atoms with van der Waals surface area (Å²) in [6, 6.07) is 0. The Kier molecular flexibility index (Phi) is 215. The Morgan fingerprint density at radius 3 is 0.327 bits per heavy atom. The fraction of sp³-hybridized carbons (Fsp3) is 0.676. The van der Waals surface area contributed by atoms with E-state index in [1.807, 2.05) is 0 Å². The highest BCUT2D eigenvalue weighted by molar-refractivity contribution is 5.83. The summed E-state index contributed by atoms with van der Waals surface area (Å²) < 4.78 is 84.7. The number of hydrogen-bond acceptors (Lipinski definition) is 24. The predicted molar refractivity (Wildman–Crippen MR) is 422 cm³/mol. The normalized spacial score (nSPS) is 8.00. The third kappa shape index (κ3) is 105. The molecule has 608 valence electrons. The number of rotatable bonds is 48. The van der Waals surface area contributed by atoms with Gasteiger partial charge in [-0.25, -0.2) is 38.4 Å². The molecule has 0 bridgehead atoms.